The first kappa shape index (κ1) is 19.1. The number of hydrogen-bond donors (Lipinski definition) is 1. The minimum absolute atomic E-state index is 0.0217. The number of carbonyl (C=O) groups excluding carboxylic acids is 2. The van der Waals surface area contributed by atoms with Gasteiger partial charge in [0, 0.05) is 19.6 Å². The molecule has 10 heteroatoms. The highest BCUT2D eigenvalue weighted by Crippen LogP contribution is 2.24. The van der Waals surface area contributed by atoms with E-state index in [1.165, 1.54) is 12.1 Å². The van der Waals surface area contributed by atoms with Gasteiger partial charge in [0.1, 0.15) is 4.90 Å². The fraction of sp³-hybridized carbons (Fsp3) is 0.500. The molecule has 2 atom stereocenters. The highest BCUT2D eigenvalue weighted by atomic mass is 35.5. The van der Waals surface area contributed by atoms with E-state index in [2.05, 4.69) is 4.72 Å². The summed E-state index contributed by atoms with van der Waals surface area (Å²) in [5.41, 5.74) is -0.0217. The van der Waals surface area contributed by atoms with Crippen LogP contribution in [0.3, 0.4) is 0 Å². The van der Waals surface area contributed by atoms with Crippen molar-refractivity contribution < 1.29 is 32.2 Å². The van der Waals surface area contributed by atoms with Gasteiger partial charge in [0.05, 0.1) is 23.3 Å². The molecule has 0 spiro atoms. The lowest BCUT2D eigenvalue weighted by Gasteiger charge is -2.13. The number of hydrogen-bond acceptors (Lipinski definition) is 7. The predicted molar refractivity (Wildman–Crippen MR) is 90.4 cm³/mol. The molecule has 2 saturated heterocycles. The van der Waals surface area contributed by atoms with Crippen LogP contribution in [-0.2, 0) is 29.0 Å². The summed E-state index contributed by atoms with van der Waals surface area (Å²) in [7, 11) is -3.93. The van der Waals surface area contributed by atoms with Crippen molar-refractivity contribution in [1.29, 1.82) is 0 Å². The molecule has 1 aromatic carbocycles. The number of nitrogens with one attached hydrogen (secondary N) is 1. The highest BCUT2D eigenvalue weighted by molar-refractivity contribution is 7.89. The minimum atomic E-state index is -3.93. The number of sulfonamides is 1. The molecule has 3 rings (SSSR count). The Morgan fingerprint density at radius 3 is 2.77 bits per heavy atom. The smallest absolute Gasteiger partial charge is 0.347 e. The minimum Gasteiger partial charge on any atom is -0.463 e. The fourth-order valence-electron chi connectivity index (χ4n) is 2.70. The van der Waals surface area contributed by atoms with Crippen LogP contribution in [0.5, 0.6) is 0 Å². The second-order valence-corrected chi connectivity index (χ2v) is 8.12. The average Bonchev–Trinajstić information content (AvgIpc) is 3.25. The summed E-state index contributed by atoms with van der Waals surface area (Å²) in [5, 5.41) is -0.0262. The molecule has 0 saturated carbocycles. The summed E-state index contributed by atoms with van der Waals surface area (Å²) in [4.78, 5) is 23.4. The van der Waals surface area contributed by atoms with E-state index in [0.717, 1.165) is 18.9 Å². The molecule has 2 heterocycles. The molecule has 2 aliphatic heterocycles. The summed E-state index contributed by atoms with van der Waals surface area (Å²) < 4.78 is 42.6. The first-order valence-electron chi connectivity index (χ1n) is 8.15. The van der Waals surface area contributed by atoms with Crippen molar-refractivity contribution in [2.24, 2.45) is 0 Å². The van der Waals surface area contributed by atoms with Crippen molar-refractivity contribution in [1.82, 2.24) is 4.72 Å². The van der Waals surface area contributed by atoms with Crippen LogP contribution in [0.4, 0.5) is 0 Å². The van der Waals surface area contributed by atoms with Crippen LogP contribution in [-0.4, -0.2) is 52.3 Å². The zero-order chi connectivity index (χ0) is 18.7. The van der Waals surface area contributed by atoms with Crippen LogP contribution in [0.1, 0.15) is 29.6 Å². The Morgan fingerprint density at radius 1 is 1.31 bits per heavy atom. The molecule has 1 aromatic rings. The fourth-order valence-corrected chi connectivity index (χ4v) is 4.29. The van der Waals surface area contributed by atoms with Gasteiger partial charge in [0.15, 0.2) is 0 Å². The summed E-state index contributed by atoms with van der Waals surface area (Å²) in [6, 6.07) is 3.76. The van der Waals surface area contributed by atoms with Gasteiger partial charge in [-0.05, 0) is 31.0 Å². The Morgan fingerprint density at radius 2 is 2.12 bits per heavy atom. The predicted octanol–water partition coefficient (Wildman–Crippen LogP) is 1.27. The molecule has 26 heavy (non-hydrogen) atoms. The molecule has 0 aromatic heterocycles. The largest absolute Gasteiger partial charge is 0.463 e. The van der Waals surface area contributed by atoms with Crippen molar-refractivity contribution >= 4 is 33.6 Å². The van der Waals surface area contributed by atoms with Gasteiger partial charge in [-0.3, -0.25) is 0 Å². The summed E-state index contributed by atoms with van der Waals surface area (Å²) in [5.74, 6) is -1.43. The summed E-state index contributed by atoms with van der Waals surface area (Å²) in [6.07, 6.45) is 0.783. The van der Waals surface area contributed by atoms with Gasteiger partial charge in [-0.15, -0.1) is 0 Å². The lowest BCUT2D eigenvalue weighted by molar-refractivity contribution is -0.145. The van der Waals surface area contributed by atoms with Crippen molar-refractivity contribution in [3.8, 4) is 0 Å². The molecule has 1 N–H and O–H groups in total. The van der Waals surface area contributed by atoms with Gasteiger partial charge in [0.2, 0.25) is 16.1 Å². The third-order valence-corrected chi connectivity index (χ3v) is 6.02. The standard InChI is InChI=1S/C16H18ClNO7S/c17-12-4-3-10(15(19)25-13-5-7-24-16(13)20)8-14(12)26(21,22)18-9-11-2-1-6-23-11/h3-4,8,11,13,18H,1-2,5-7,9H2/t11-,13+/m0/s1. The van der Waals surface area contributed by atoms with E-state index in [0.29, 0.717) is 6.61 Å². The van der Waals surface area contributed by atoms with Gasteiger partial charge in [-0.2, -0.15) is 0 Å². The maximum Gasteiger partial charge on any atom is 0.347 e. The van der Waals surface area contributed by atoms with Gasteiger partial charge >= 0.3 is 11.9 Å². The molecule has 0 radical (unpaired) electrons. The van der Waals surface area contributed by atoms with E-state index in [4.69, 9.17) is 25.8 Å². The van der Waals surface area contributed by atoms with E-state index in [9.17, 15) is 18.0 Å². The van der Waals surface area contributed by atoms with E-state index >= 15 is 0 Å². The second kappa shape index (κ2) is 7.91. The molecule has 2 fully saturated rings. The Hall–Kier alpha value is -1.68. The normalized spacial score (nSPS) is 23.0. The number of benzene rings is 1. The lowest BCUT2D eigenvalue weighted by atomic mass is 10.2. The SMILES string of the molecule is O=C(O[C@@H]1CCOC1=O)c1ccc(Cl)c(S(=O)(=O)NC[C@@H]2CCCO2)c1. The van der Waals surface area contributed by atoms with E-state index in [1.54, 1.807) is 0 Å². The molecule has 2 aliphatic rings. The zero-order valence-electron chi connectivity index (χ0n) is 13.8. The quantitative estimate of drug-likeness (QED) is 0.712. The van der Waals surface area contributed by atoms with Crippen molar-refractivity contribution in [3.63, 3.8) is 0 Å². The van der Waals surface area contributed by atoms with E-state index < -0.39 is 28.1 Å². The second-order valence-electron chi connectivity index (χ2n) is 5.98. The molecular formula is C16H18ClNO7S. The Bertz CT molecular complexity index is 805. The van der Waals surface area contributed by atoms with Crippen molar-refractivity contribution in [3.05, 3.63) is 28.8 Å². The number of carbonyl (C=O) groups is 2. The number of ether oxygens (including phenoxy) is 3. The highest BCUT2D eigenvalue weighted by Gasteiger charge is 2.31. The van der Waals surface area contributed by atoms with Gasteiger partial charge in [-0.1, -0.05) is 11.6 Å². The molecular weight excluding hydrogens is 386 g/mol. The van der Waals surface area contributed by atoms with Gasteiger partial charge in [-0.25, -0.2) is 22.7 Å². The topological polar surface area (TPSA) is 108 Å². The number of cyclic esters (lactones) is 1. The molecule has 0 bridgehead atoms. The first-order chi connectivity index (χ1) is 12.4. The maximum absolute atomic E-state index is 12.5. The Kier molecular flexibility index (Phi) is 5.81. The van der Waals surface area contributed by atoms with E-state index in [1.807, 2.05) is 0 Å². The van der Waals surface area contributed by atoms with Crippen molar-refractivity contribution in [2.45, 2.75) is 36.4 Å². The summed E-state index contributed by atoms with van der Waals surface area (Å²) in [6.45, 7) is 0.920. The lowest BCUT2D eigenvalue weighted by Crippen LogP contribution is -2.32. The van der Waals surface area contributed by atoms with Crippen molar-refractivity contribution in [2.75, 3.05) is 19.8 Å². The van der Waals surface area contributed by atoms with Crippen LogP contribution in [0.25, 0.3) is 0 Å². The molecule has 0 amide bonds. The number of esters is 2. The number of halogens is 1. The van der Waals surface area contributed by atoms with E-state index in [-0.39, 0.29) is 41.2 Å². The molecule has 142 valence electrons. The van der Waals surface area contributed by atoms with Gasteiger partial charge < -0.3 is 14.2 Å². The zero-order valence-corrected chi connectivity index (χ0v) is 15.3. The van der Waals surface area contributed by atoms with Crippen LogP contribution < -0.4 is 4.72 Å². The third kappa shape index (κ3) is 4.35. The van der Waals surface area contributed by atoms with Crippen LogP contribution in [0.15, 0.2) is 23.1 Å². The van der Waals surface area contributed by atoms with Crippen LogP contribution in [0.2, 0.25) is 5.02 Å². The number of rotatable bonds is 6. The van der Waals surface area contributed by atoms with Crippen LogP contribution in [0, 0.1) is 0 Å². The monoisotopic (exact) mass is 403 g/mol. The average molecular weight is 404 g/mol. The maximum atomic E-state index is 12.5. The van der Waals surface area contributed by atoms with Crippen LogP contribution >= 0.6 is 11.6 Å². The summed E-state index contributed by atoms with van der Waals surface area (Å²) >= 11 is 6.00. The first-order valence-corrected chi connectivity index (χ1v) is 10.0. The molecule has 0 unspecified atom stereocenters. The molecule has 8 nitrogen and oxygen atoms in total. The van der Waals surface area contributed by atoms with Gasteiger partial charge in [0.25, 0.3) is 0 Å². The third-order valence-electron chi connectivity index (χ3n) is 4.12. The Balaban J connectivity index is 1.73. The Labute approximate surface area is 155 Å². The molecule has 0 aliphatic carbocycles.